The van der Waals surface area contributed by atoms with E-state index in [1.165, 1.54) is 27.4 Å². The van der Waals surface area contributed by atoms with Crippen molar-refractivity contribution in [1.82, 2.24) is 0 Å². The summed E-state index contributed by atoms with van der Waals surface area (Å²) in [5.74, 6) is 6.88. The lowest BCUT2D eigenvalue weighted by Crippen LogP contribution is -2.58. The highest BCUT2D eigenvalue weighted by Crippen LogP contribution is 2.49. The largest absolute Gasteiger partial charge is 0.486 e. The molecule has 3 aliphatic carbocycles. The molecule has 0 saturated heterocycles. The second-order valence-electron chi connectivity index (χ2n) is 12.9. The fourth-order valence-corrected chi connectivity index (χ4v) is 8.24. The summed E-state index contributed by atoms with van der Waals surface area (Å²) < 4.78 is 27.1. The number of hydrogen-bond donors (Lipinski definition) is 0. The van der Waals surface area contributed by atoms with Crippen LogP contribution >= 0.6 is 0 Å². The molecule has 0 saturated carbocycles. The first-order valence-corrected chi connectivity index (χ1v) is 15.8. The van der Waals surface area contributed by atoms with Crippen LogP contribution in [0.15, 0.2) is 108 Å². The van der Waals surface area contributed by atoms with Crippen LogP contribution in [0.1, 0.15) is 30.0 Å². The predicted octanol–water partition coefficient (Wildman–Crippen LogP) is 5.77. The molecule has 4 aromatic rings. The molecule has 3 aliphatic heterocycles. The van der Waals surface area contributed by atoms with Crippen LogP contribution in [0.4, 0.5) is 0 Å². The third-order valence-electron chi connectivity index (χ3n) is 10.3. The highest BCUT2D eigenvalue weighted by atomic mass is 16.5. The Morgan fingerprint density at radius 3 is 2.66 bits per heavy atom. The van der Waals surface area contributed by atoms with Crippen LogP contribution in [0.2, 0.25) is 5.82 Å². The van der Waals surface area contributed by atoms with Crippen molar-refractivity contribution in [2.24, 2.45) is 5.92 Å². The van der Waals surface area contributed by atoms with Crippen LogP contribution in [0, 0.1) is 12.8 Å². The fraction of sp³-hybridized carbons (Fsp3) is 0.211. The van der Waals surface area contributed by atoms with Gasteiger partial charge in [0.15, 0.2) is 0 Å². The highest BCUT2D eigenvalue weighted by molar-refractivity contribution is 6.89. The number of ether oxygens (including phenoxy) is 4. The molecular formula is C38H29B2O4. The summed E-state index contributed by atoms with van der Waals surface area (Å²) in [5, 5.41) is 2.44. The topological polar surface area (TPSA) is 36.9 Å². The summed E-state index contributed by atoms with van der Waals surface area (Å²) in [7, 11) is 2.29. The molecule has 3 unspecified atom stereocenters. The Kier molecular flexibility index (Phi) is 5.07. The Bertz CT molecular complexity index is 2090. The maximum Gasteiger partial charge on any atom is 0.234 e. The summed E-state index contributed by atoms with van der Waals surface area (Å²) in [6.45, 7) is 4.48. The minimum atomic E-state index is -0.108. The lowest BCUT2D eigenvalue weighted by molar-refractivity contribution is 0.221. The summed E-state index contributed by atoms with van der Waals surface area (Å²) in [5.41, 5.74) is 8.49. The average molecular weight is 571 g/mol. The fourth-order valence-electron chi connectivity index (χ4n) is 8.24. The molecule has 0 N–H and O–H groups in total. The zero-order chi connectivity index (χ0) is 29.1. The molecule has 0 amide bonds. The van der Waals surface area contributed by atoms with Crippen LogP contribution in [-0.4, -0.2) is 20.1 Å². The van der Waals surface area contributed by atoms with E-state index in [4.69, 9.17) is 18.9 Å². The van der Waals surface area contributed by atoms with Crippen LogP contribution < -0.4 is 35.3 Å². The summed E-state index contributed by atoms with van der Waals surface area (Å²) >= 11 is 0. The summed E-state index contributed by atoms with van der Waals surface area (Å²) in [6, 6.07) is 21.5. The maximum absolute atomic E-state index is 7.07. The Morgan fingerprint density at radius 2 is 1.75 bits per heavy atom. The van der Waals surface area contributed by atoms with Gasteiger partial charge in [0.05, 0.1) is 5.39 Å². The van der Waals surface area contributed by atoms with Gasteiger partial charge in [0.2, 0.25) is 14.0 Å². The highest BCUT2D eigenvalue weighted by Gasteiger charge is 2.50. The van der Waals surface area contributed by atoms with Crippen molar-refractivity contribution in [1.29, 1.82) is 0 Å². The molecule has 44 heavy (non-hydrogen) atoms. The second kappa shape index (κ2) is 8.98. The zero-order valence-corrected chi connectivity index (χ0v) is 24.7. The number of rotatable bonds is 2. The van der Waals surface area contributed by atoms with Crippen molar-refractivity contribution in [3.63, 3.8) is 0 Å². The van der Waals surface area contributed by atoms with Gasteiger partial charge in [-0.05, 0) is 100 Å². The van der Waals surface area contributed by atoms with E-state index in [0.29, 0.717) is 0 Å². The van der Waals surface area contributed by atoms with Crippen molar-refractivity contribution in [3.05, 3.63) is 124 Å². The molecule has 211 valence electrons. The number of benzene rings is 4. The standard InChI is InChI=1S/C38H29B2O4/c1-20-8-3-5-10-27(20)41-29-17-14-21(2)36-34(29)39-24-18-22-15-16-23-19-26-38(33(32(22)23)37(24)44-36)43-31-13-7-12-30-35(31)40(26)25-9-4-6-11-28(25)42-30/h3-13,17-19,21,31,35H,14-16H2,1-2H3. The van der Waals surface area contributed by atoms with Gasteiger partial charge in [0.1, 0.15) is 46.4 Å². The lowest BCUT2D eigenvalue weighted by Gasteiger charge is -2.43. The molecule has 0 bridgehead atoms. The van der Waals surface area contributed by atoms with E-state index in [1.807, 2.05) is 18.2 Å². The molecule has 10 rings (SSSR count). The summed E-state index contributed by atoms with van der Waals surface area (Å²) in [6.07, 6.45) is 11.4. The molecule has 0 fully saturated rings. The smallest absolute Gasteiger partial charge is 0.234 e. The number of para-hydroxylation sites is 2. The molecule has 6 aliphatic rings. The van der Waals surface area contributed by atoms with E-state index in [2.05, 4.69) is 87.9 Å². The quantitative estimate of drug-likeness (QED) is 0.287. The van der Waals surface area contributed by atoms with E-state index in [1.54, 1.807) is 0 Å². The van der Waals surface area contributed by atoms with Crippen molar-refractivity contribution >= 4 is 41.2 Å². The van der Waals surface area contributed by atoms with Gasteiger partial charge in [-0.15, -0.1) is 0 Å². The second-order valence-corrected chi connectivity index (χ2v) is 12.9. The van der Waals surface area contributed by atoms with Crippen molar-refractivity contribution < 1.29 is 18.9 Å². The van der Waals surface area contributed by atoms with Gasteiger partial charge in [-0.25, -0.2) is 0 Å². The number of aryl methyl sites for hydroxylation is 3. The third kappa shape index (κ3) is 3.37. The van der Waals surface area contributed by atoms with Crippen LogP contribution in [-0.2, 0) is 12.8 Å². The molecule has 4 nitrogen and oxygen atoms in total. The van der Waals surface area contributed by atoms with E-state index in [0.717, 1.165) is 81.4 Å². The molecular weight excluding hydrogens is 542 g/mol. The predicted molar refractivity (Wildman–Crippen MR) is 176 cm³/mol. The first-order valence-electron chi connectivity index (χ1n) is 15.8. The Balaban J connectivity index is 1.17. The first kappa shape index (κ1) is 24.8. The molecule has 0 spiro atoms. The van der Waals surface area contributed by atoms with Gasteiger partial charge in [0.25, 0.3) is 0 Å². The minimum Gasteiger partial charge on any atom is -0.486 e. The van der Waals surface area contributed by atoms with Gasteiger partial charge in [0, 0.05) is 11.7 Å². The third-order valence-corrected chi connectivity index (χ3v) is 10.3. The van der Waals surface area contributed by atoms with E-state index >= 15 is 0 Å². The molecule has 0 aromatic heterocycles. The average Bonchev–Trinajstić information content (AvgIpc) is 3.45. The molecule has 3 heterocycles. The lowest BCUT2D eigenvalue weighted by atomic mass is 9.30. The van der Waals surface area contributed by atoms with Crippen molar-refractivity contribution in [3.8, 4) is 23.0 Å². The molecule has 1 radical (unpaired) electrons. The normalized spacial score (nSPS) is 23.0. The maximum atomic E-state index is 7.07. The summed E-state index contributed by atoms with van der Waals surface area (Å²) in [4.78, 5) is 0. The van der Waals surface area contributed by atoms with Crippen LogP contribution in [0.25, 0.3) is 10.8 Å². The van der Waals surface area contributed by atoms with E-state index < -0.39 is 0 Å². The Hall–Kier alpha value is -4.57. The van der Waals surface area contributed by atoms with Gasteiger partial charge in [-0.2, -0.15) is 0 Å². The molecule has 4 aromatic carbocycles. The van der Waals surface area contributed by atoms with Crippen molar-refractivity contribution in [2.45, 2.75) is 45.0 Å². The number of hydrogen-bond acceptors (Lipinski definition) is 4. The minimum absolute atomic E-state index is 0.108. The number of fused-ring (bicyclic) bond motifs is 7. The SMILES string of the molecule is Cc1ccccc1OC1=CCC(C)C2=C1[B]c1cc3c4c(cc5c(c4c1O2)OC1C=CC=C2Oc4ccccc4B5C21)CC3. The molecule has 6 heteroatoms. The Labute approximate surface area is 258 Å². The van der Waals surface area contributed by atoms with Crippen LogP contribution in [0.3, 0.4) is 0 Å². The zero-order valence-electron chi connectivity index (χ0n) is 24.7. The van der Waals surface area contributed by atoms with E-state index in [-0.39, 0.29) is 24.6 Å². The first-order chi connectivity index (χ1) is 21.6. The van der Waals surface area contributed by atoms with Crippen LogP contribution in [0.5, 0.6) is 23.0 Å². The number of allylic oxidation sites excluding steroid dienone is 5. The van der Waals surface area contributed by atoms with Gasteiger partial charge >= 0.3 is 0 Å². The van der Waals surface area contributed by atoms with Gasteiger partial charge in [-0.1, -0.05) is 61.5 Å². The van der Waals surface area contributed by atoms with E-state index in [9.17, 15) is 0 Å². The van der Waals surface area contributed by atoms with Crippen molar-refractivity contribution in [2.75, 3.05) is 0 Å². The van der Waals surface area contributed by atoms with Gasteiger partial charge < -0.3 is 18.9 Å². The molecule has 3 atom stereocenters. The van der Waals surface area contributed by atoms with Gasteiger partial charge in [-0.3, -0.25) is 0 Å². The Morgan fingerprint density at radius 1 is 0.909 bits per heavy atom. The monoisotopic (exact) mass is 571 g/mol.